The Bertz CT molecular complexity index is 608. The van der Waals surface area contributed by atoms with Crippen LogP contribution in [0.1, 0.15) is 49.7 Å². The van der Waals surface area contributed by atoms with Crippen molar-refractivity contribution in [3.8, 4) is 0 Å². The van der Waals surface area contributed by atoms with Crippen molar-refractivity contribution in [3.05, 3.63) is 35.4 Å². The summed E-state index contributed by atoms with van der Waals surface area (Å²) < 4.78 is 38.0. The summed E-state index contributed by atoms with van der Waals surface area (Å²) in [7, 11) is 1.85. The lowest BCUT2D eigenvalue weighted by molar-refractivity contribution is -0.137. The number of carbonyl (C=O) groups is 1. The smallest absolute Gasteiger partial charge is 0.341 e. The van der Waals surface area contributed by atoms with Crippen LogP contribution in [0.2, 0.25) is 0 Å². The highest BCUT2D eigenvalue weighted by molar-refractivity contribution is 5.79. The zero-order valence-electron chi connectivity index (χ0n) is 15.3. The lowest BCUT2D eigenvalue weighted by atomic mass is 9.88. The highest BCUT2D eigenvalue weighted by Gasteiger charge is 2.35. The Kier molecular flexibility index (Phi) is 5.90. The van der Waals surface area contributed by atoms with Crippen LogP contribution < -0.4 is 0 Å². The van der Waals surface area contributed by atoms with Gasteiger partial charge in [-0.1, -0.05) is 25.0 Å². The number of amides is 1. The summed E-state index contributed by atoms with van der Waals surface area (Å²) in [5.74, 6) is -0.0131. The van der Waals surface area contributed by atoms with Crippen LogP contribution in [0, 0.1) is 0 Å². The number of hydrogen-bond acceptors (Lipinski definition) is 2. The molecule has 0 bridgehead atoms. The first-order chi connectivity index (χ1) is 12.4. The molecule has 1 aromatic carbocycles. The van der Waals surface area contributed by atoms with E-state index in [1.54, 1.807) is 0 Å². The molecule has 26 heavy (non-hydrogen) atoms. The molecular weight excluding hydrogens is 341 g/mol. The van der Waals surface area contributed by atoms with E-state index in [1.165, 1.54) is 31.4 Å². The van der Waals surface area contributed by atoms with Crippen molar-refractivity contribution in [1.82, 2.24) is 9.80 Å². The van der Waals surface area contributed by atoms with Crippen molar-refractivity contribution in [2.45, 2.75) is 63.2 Å². The summed E-state index contributed by atoms with van der Waals surface area (Å²) in [6.07, 6.45) is 2.74. The second-order valence-electron chi connectivity index (χ2n) is 7.54. The molecule has 2 atom stereocenters. The zero-order chi connectivity index (χ0) is 18.7. The van der Waals surface area contributed by atoms with Crippen LogP contribution in [-0.4, -0.2) is 47.9 Å². The van der Waals surface area contributed by atoms with Crippen molar-refractivity contribution in [2.24, 2.45) is 0 Å². The average Bonchev–Trinajstić information content (AvgIpc) is 3.15. The Morgan fingerprint density at radius 2 is 1.69 bits per heavy atom. The first-order valence-electron chi connectivity index (χ1n) is 9.52. The molecule has 1 aliphatic heterocycles. The van der Waals surface area contributed by atoms with Gasteiger partial charge < -0.3 is 4.90 Å². The zero-order valence-corrected chi connectivity index (χ0v) is 15.3. The van der Waals surface area contributed by atoms with Gasteiger partial charge in [0.15, 0.2) is 0 Å². The highest BCUT2D eigenvalue weighted by atomic mass is 19.4. The minimum Gasteiger partial charge on any atom is -0.341 e. The molecule has 0 radical (unpaired) electrons. The van der Waals surface area contributed by atoms with Crippen molar-refractivity contribution >= 4 is 5.91 Å². The van der Waals surface area contributed by atoms with Crippen molar-refractivity contribution in [3.63, 3.8) is 0 Å². The molecule has 0 N–H and O–H groups in total. The van der Waals surface area contributed by atoms with E-state index in [0.717, 1.165) is 44.5 Å². The van der Waals surface area contributed by atoms with Gasteiger partial charge in [0.05, 0.1) is 12.0 Å². The molecule has 1 heterocycles. The summed E-state index contributed by atoms with van der Waals surface area (Å²) in [5.41, 5.74) is -0.0492. The summed E-state index contributed by atoms with van der Waals surface area (Å²) in [6, 6.07) is 5.56. The molecule has 0 aromatic heterocycles. The topological polar surface area (TPSA) is 23.6 Å². The van der Waals surface area contributed by atoms with Crippen molar-refractivity contribution in [2.75, 3.05) is 20.1 Å². The van der Waals surface area contributed by atoms with Gasteiger partial charge in [0.2, 0.25) is 5.91 Å². The maximum absolute atomic E-state index is 12.7. The van der Waals surface area contributed by atoms with Crippen LogP contribution in [0.15, 0.2) is 24.3 Å². The quantitative estimate of drug-likeness (QED) is 0.798. The molecule has 0 unspecified atom stereocenters. The first-order valence-corrected chi connectivity index (χ1v) is 9.52. The van der Waals surface area contributed by atoms with Crippen LogP contribution in [0.25, 0.3) is 0 Å². The van der Waals surface area contributed by atoms with Crippen LogP contribution >= 0.6 is 0 Å². The predicted molar refractivity (Wildman–Crippen MR) is 94.8 cm³/mol. The fourth-order valence-corrected chi connectivity index (χ4v) is 4.34. The molecule has 2 fully saturated rings. The van der Waals surface area contributed by atoms with E-state index in [-0.39, 0.29) is 18.4 Å². The number of alkyl halides is 3. The summed E-state index contributed by atoms with van der Waals surface area (Å²) >= 11 is 0. The van der Waals surface area contributed by atoms with E-state index in [0.29, 0.717) is 11.6 Å². The Hall–Kier alpha value is -1.56. The average molecular weight is 368 g/mol. The molecule has 0 spiro atoms. The maximum Gasteiger partial charge on any atom is 0.416 e. The second-order valence-corrected chi connectivity index (χ2v) is 7.54. The Labute approximate surface area is 153 Å². The Morgan fingerprint density at radius 3 is 2.31 bits per heavy atom. The molecule has 1 aliphatic carbocycles. The van der Waals surface area contributed by atoms with E-state index < -0.39 is 11.7 Å². The van der Waals surface area contributed by atoms with Gasteiger partial charge >= 0.3 is 6.18 Å². The normalized spacial score (nSPS) is 24.6. The number of halogens is 3. The highest BCUT2D eigenvalue weighted by Crippen LogP contribution is 2.30. The van der Waals surface area contributed by atoms with Gasteiger partial charge in [-0.3, -0.25) is 9.69 Å². The third kappa shape index (κ3) is 4.40. The number of benzene rings is 1. The monoisotopic (exact) mass is 368 g/mol. The van der Waals surface area contributed by atoms with E-state index in [4.69, 9.17) is 0 Å². The number of hydrogen-bond donors (Lipinski definition) is 0. The third-order valence-electron chi connectivity index (χ3n) is 5.83. The Balaban J connectivity index is 1.64. The van der Waals surface area contributed by atoms with E-state index in [1.807, 2.05) is 11.9 Å². The number of rotatable bonds is 4. The minimum absolute atomic E-state index is 0.0131. The minimum atomic E-state index is -4.34. The largest absolute Gasteiger partial charge is 0.416 e. The Morgan fingerprint density at radius 1 is 1.08 bits per heavy atom. The van der Waals surface area contributed by atoms with E-state index in [2.05, 4.69) is 4.90 Å². The van der Waals surface area contributed by atoms with Crippen molar-refractivity contribution in [1.29, 1.82) is 0 Å². The second kappa shape index (κ2) is 7.99. The van der Waals surface area contributed by atoms with Gasteiger partial charge in [-0.15, -0.1) is 0 Å². The summed E-state index contributed by atoms with van der Waals surface area (Å²) in [5, 5.41) is 0. The molecule has 1 saturated heterocycles. The van der Waals surface area contributed by atoms with E-state index in [9.17, 15) is 18.0 Å². The van der Waals surface area contributed by atoms with Crippen LogP contribution in [0.3, 0.4) is 0 Å². The van der Waals surface area contributed by atoms with Gasteiger partial charge in [0.25, 0.3) is 0 Å². The molecule has 144 valence electrons. The third-order valence-corrected chi connectivity index (χ3v) is 5.83. The summed E-state index contributed by atoms with van der Waals surface area (Å²) in [4.78, 5) is 17.1. The van der Waals surface area contributed by atoms with Crippen molar-refractivity contribution < 1.29 is 18.0 Å². The lowest BCUT2D eigenvalue weighted by Crippen LogP contribution is -2.53. The molecule has 6 heteroatoms. The molecule has 1 saturated carbocycles. The maximum atomic E-state index is 12.7. The predicted octanol–water partition coefficient (Wildman–Crippen LogP) is 4.11. The van der Waals surface area contributed by atoms with Gasteiger partial charge in [0, 0.05) is 19.1 Å². The SMILES string of the molecule is CN(C(=O)Cc1ccc(C(F)(F)F)cc1)[C@H]1CCCC[C@@H]1N1CCCC1. The molecule has 1 amide bonds. The summed E-state index contributed by atoms with van der Waals surface area (Å²) in [6.45, 7) is 2.23. The van der Waals surface area contributed by atoms with Gasteiger partial charge in [-0.2, -0.15) is 13.2 Å². The molecule has 3 rings (SSSR count). The van der Waals surface area contributed by atoms with Gasteiger partial charge in [-0.25, -0.2) is 0 Å². The van der Waals surface area contributed by atoms with Gasteiger partial charge in [0.1, 0.15) is 0 Å². The number of carbonyl (C=O) groups excluding carboxylic acids is 1. The molecular formula is C20H27F3N2O. The first kappa shape index (κ1) is 19.2. The van der Waals surface area contributed by atoms with Crippen LogP contribution in [-0.2, 0) is 17.4 Å². The number of nitrogens with zero attached hydrogens (tertiary/aromatic N) is 2. The van der Waals surface area contributed by atoms with E-state index >= 15 is 0 Å². The van der Waals surface area contributed by atoms with Gasteiger partial charge in [-0.05, 0) is 56.5 Å². The van der Waals surface area contributed by atoms with Crippen LogP contribution in [0.4, 0.5) is 13.2 Å². The number of likely N-dealkylation sites (tertiary alicyclic amines) is 1. The standard InChI is InChI=1S/C20H27F3N2O/c1-24(17-6-2-3-7-18(17)25-12-4-5-13-25)19(26)14-15-8-10-16(11-9-15)20(21,22)23/h8-11,17-18H,2-7,12-14H2,1H3/t17-,18-/m0/s1. The lowest BCUT2D eigenvalue weighted by Gasteiger charge is -2.42. The molecule has 3 nitrogen and oxygen atoms in total. The fourth-order valence-electron chi connectivity index (χ4n) is 4.34. The molecule has 1 aromatic rings. The molecule has 2 aliphatic rings. The fraction of sp³-hybridized carbons (Fsp3) is 0.650. The number of likely N-dealkylation sites (N-methyl/N-ethyl adjacent to an activating group) is 1. The van der Waals surface area contributed by atoms with Crippen LogP contribution in [0.5, 0.6) is 0 Å².